The van der Waals surface area contributed by atoms with Gasteiger partial charge in [-0.1, -0.05) is 55.8 Å². The van der Waals surface area contributed by atoms with E-state index in [0.717, 1.165) is 41.3 Å². The Morgan fingerprint density at radius 3 is 1.88 bits per heavy atom. The molecule has 34 heteroatoms. The van der Waals surface area contributed by atoms with Gasteiger partial charge < -0.3 is 32.6 Å². The van der Waals surface area contributed by atoms with Crippen LogP contribution in [-0.4, -0.2) is 118 Å². The minimum Gasteiger partial charge on any atom is -0.493 e. The lowest BCUT2D eigenvalue weighted by Crippen LogP contribution is -2.26. The molecule has 99 heavy (non-hydrogen) atoms. The van der Waals surface area contributed by atoms with Crippen molar-refractivity contribution < 1.29 is 65.8 Å². The molecule has 0 spiro atoms. The van der Waals surface area contributed by atoms with Crippen LogP contribution >= 0.6 is 0 Å². The Labute approximate surface area is 576 Å². The van der Waals surface area contributed by atoms with Gasteiger partial charge in [0, 0.05) is 53.3 Å². The SMILES string of the molecule is CCc1[nH]n2c(C(C)CNS(=O)Oc3ccc(NS(C)(=O)=O)cc3)nnc2c1Oc1ccc(NS(=O)Oc2ccccc2C)cc1.Cc1ccc(OCCCNC(=O)c2ccc(Oc3c(Oc4cccc(NS(C)(=O)=O)c4)nn4[nH]c(-c5ccc(NS(C)(=O)=O)cc5)nc34)cc2)c(C)c1. The molecule has 0 radical (unpaired) electrons. The zero-order valence-corrected chi connectivity index (χ0v) is 58.6. The lowest BCUT2D eigenvalue weighted by atomic mass is 10.1. The Morgan fingerprint density at radius 1 is 0.596 bits per heavy atom. The van der Waals surface area contributed by atoms with Gasteiger partial charge in [-0.3, -0.25) is 33.9 Å². The molecule has 29 nitrogen and oxygen atoms in total. The first-order chi connectivity index (χ1) is 47.2. The number of rotatable bonds is 30. The smallest absolute Gasteiger partial charge is 0.316 e. The van der Waals surface area contributed by atoms with Gasteiger partial charge in [0.2, 0.25) is 47.1 Å². The van der Waals surface area contributed by atoms with Crippen molar-refractivity contribution in [1.82, 2.24) is 49.7 Å². The number of aromatic nitrogens is 8. The number of fused-ring (bicyclic) bond motifs is 2. The van der Waals surface area contributed by atoms with Gasteiger partial charge in [0.05, 0.1) is 36.8 Å². The van der Waals surface area contributed by atoms with Crippen LogP contribution in [0.25, 0.3) is 22.7 Å². The largest absolute Gasteiger partial charge is 0.493 e. The number of ether oxygens (including phenoxy) is 4. The zero-order valence-electron chi connectivity index (χ0n) is 54.5. The van der Waals surface area contributed by atoms with E-state index in [0.29, 0.717) is 100 Å². The summed E-state index contributed by atoms with van der Waals surface area (Å²) in [7, 11) is -10.4. The molecule has 4 aromatic heterocycles. The van der Waals surface area contributed by atoms with Crippen molar-refractivity contribution in [3.8, 4) is 63.3 Å². The highest BCUT2D eigenvalue weighted by Crippen LogP contribution is 2.39. The lowest BCUT2D eigenvalue weighted by Gasteiger charge is -2.11. The average Bonchev–Trinajstić information content (AvgIpc) is 1.63. The van der Waals surface area contributed by atoms with Crippen LogP contribution in [0, 0.1) is 20.8 Å². The molecule has 0 fully saturated rings. The molecule has 4 heterocycles. The highest BCUT2D eigenvalue weighted by molar-refractivity contribution is 7.92. The fourth-order valence-electron chi connectivity index (χ4n) is 9.53. The van der Waals surface area contributed by atoms with Crippen molar-refractivity contribution in [2.24, 2.45) is 0 Å². The number of sulfonamides is 3. The van der Waals surface area contributed by atoms with E-state index in [9.17, 15) is 38.5 Å². The molecule has 11 rings (SSSR count). The number of para-hydroxylation sites is 1. The lowest BCUT2D eigenvalue weighted by molar-refractivity contribution is 0.0951. The van der Waals surface area contributed by atoms with Crippen LogP contribution < -0.4 is 56.2 Å². The van der Waals surface area contributed by atoms with E-state index in [1.165, 1.54) is 40.5 Å². The second-order valence-corrected chi connectivity index (χ2v) is 29.5. The first kappa shape index (κ1) is 71.3. The van der Waals surface area contributed by atoms with Crippen LogP contribution in [0.15, 0.2) is 164 Å². The van der Waals surface area contributed by atoms with E-state index >= 15 is 0 Å². The number of hydrogen-bond acceptors (Lipinski definition) is 19. The number of carbonyl (C=O) groups is 1. The highest BCUT2D eigenvalue weighted by Gasteiger charge is 2.25. The summed E-state index contributed by atoms with van der Waals surface area (Å²) in [6.07, 6.45) is 4.43. The number of aryl methyl sites for hydroxylation is 4. The summed E-state index contributed by atoms with van der Waals surface area (Å²) in [5.41, 5.74) is 7.35. The third-order valence-electron chi connectivity index (χ3n) is 14.1. The van der Waals surface area contributed by atoms with Crippen molar-refractivity contribution in [2.45, 2.75) is 53.4 Å². The molecule has 7 aromatic carbocycles. The average molecular weight is 1450 g/mol. The number of carbonyl (C=O) groups excluding carboxylic acids is 1. The maximum Gasteiger partial charge on any atom is 0.316 e. The molecule has 0 aliphatic rings. The van der Waals surface area contributed by atoms with Gasteiger partial charge in [0.15, 0.2) is 17.4 Å². The predicted molar refractivity (Wildman–Crippen MR) is 378 cm³/mol. The van der Waals surface area contributed by atoms with Crippen molar-refractivity contribution in [1.29, 1.82) is 0 Å². The van der Waals surface area contributed by atoms with E-state index in [-0.39, 0.29) is 47.1 Å². The van der Waals surface area contributed by atoms with Crippen LogP contribution in [0.1, 0.15) is 64.8 Å². The maximum absolute atomic E-state index is 12.9. The summed E-state index contributed by atoms with van der Waals surface area (Å²) in [6, 6.07) is 45.7. The van der Waals surface area contributed by atoms with Gasteiger partial charge in [-0.25, -0.2) is 39.5 Å². The van der Waals surface area contributed by atoms with Crippen molar-refractivity contribution in [2.75, 3.05) is 57.4 Å². The van der Waals surface area contributed by atoms with Gasteiger partial charge in [0.1, 0.15) is 34.5 Å². The summed E-state index contributed by atoms with van der Waals surface area (Å²) in [6.45, 7) is 10.9. The normalized spacial score (nSPS) is 12.5. The van der Waals surface area contributed by atoms with Crippen LogP contribution in [0.4, 0.5) is 22.7 Å². The summed E-state index contributed by atoms with van der Waals surface area (Å²) in [5.74, 6) is 4.01. The number of nitrogens with zero attached hydrogens (tertiary/aromatic N) is 6. The summed E-state index contributed by atoms with van der Waals surface area (Å²) in [4.78, 5) is 17.5. The van der Waals surface area contributed by atoms with Crippen LogP contribution in [0.5, 0.6) is 51.9 Å². The number of H-pyrrole nitrogens is 2. The van der Waals surface area contributed by atoms with Crippen molar-refractivity contribution >= 4 is 92.6 Å². The Hall–Kier alpha value is -10.5. The van der Waals surface area contributed by atoms with Gasteiger partial charge in [0.25, 0.3) is 23.1 Å². The molecule has 11 aromatic rings. The Balaban J connectivity index is 0.000000216. The van der Waals surface area contributed by atoms with Crippen molar-refractivity contribution in [3.05, 3.63) is 198 Å². The third-order valence-corrected chi connectivity index (χ3v) is 17.4. The molecule has 1 amide bonds. The number of anilines is 4. The van der Waals surface area contributed by atoms with E-state index in [1.807, 2.05) is 65.0 Å². The molecule has 3 unspecified atom stereocenters. The summed E-state index contributed by atoms with van der Waals surface area (Å²) in [5, 5.41) is 22.4. The quantitative estimate of drug-likeness (QED) is 0.0194. The molecular formula is C65H70N14O15S5. The van der Waals surface area contributed by atoms with Crippen LogP contribution in [0.3, 0.4) is 0 Å². The molecule has 520 valence electrons. The van der Waals surface area contributed by atoms with Crippen LogP contribution in [-0.2, 0) is 59.0 Å². The molecule has 0 saturated carbocycles. The maximum atomic E-state index is 12.9. The molecule has 8 N–H and O–H groups in total. The predicted octanol–water partition coefficient (Wildman–Crippen LogP) is 10.4. The van der Waals surface area contributed by atoms with E-state index in [2.05, 4.69) is 65.5 Å². The molecule has 0 aliphatic carbocycles. The van der Waals surface area contributed by atoms with Gasteiger partial charge in [-0.05, 0) is 166 Å². The first-order valence-corrected chi connectivity index (χ1v) is 38.2. The van der Waals surface area contributed by atoms with Gasteiger partial charge in [-0.15, -0.1) is 19.9 Å². The number of nitrogens with one attached hydrogen (secondary N) is 8. The van der Waals surface area contributed by atoms with Crippen molar-refractivity contribution in [3.63, 3.8) is 0 Å². The molecule has 0 aliphatic heterocycles. The minimum absolute atomic E-state index is 0.0179. The first-order valence-electron chi connectivity index (χ1n) is 30.3. The van der Waals surface area contributed by atoms with E-state index < -0.39 is 52.6 Å². The Kier molecular flexibility index (Phi) is 22.6. The fourth-order valence-corrected chi connectivity index (χ4v) is 12.7. The molecular weight excluding hydrogens is 1380 g/mol. The van der Waals surface area contributed by atoms with Crippen LogP contribution in [0.2, 0.25) is 0 Å². The Bertz CT molecular complexity index is 5070. The molecule has 0 bridgehead atoms. The number of aromatic amines is 2. The second-order valence-electron chi connectivity index (χ2n) is 22.5. The zero-order chi connectivity index (χ0) is 70.6. The third kappa shape index (κ3) is 20.1. The molecule has 3 atom stereocenters. The number of amides is 1. The molecule has 0 saturated heterocycles. The summed E-state index contributed by atoms with van der Waals surface area (Å²) >= 11 is -3.66. The standard InChI is InChI=1S/C36H37N7O8S2.C29H33N7O7S3/c1-23-9-18-31(24(2)21-23)49-20-6-19-37-35(44)26-12-16-29(17-13-26)50-32-34-38-33(25-10-14-27(15-11-25)41-52(3,45)46)39-43(34)40-36(32)51-30-8-5-7-28(22-30)42-53(4,47)48;1-5-25-27(41-23-14-10-21(11-15-23)34-45(38)43-26-9-7-6-8-19(26)2)29-32-31-28(36(29)33-25)20(3)18-30-44(37)42-24-16-12-22(13-17-24)35-46(4,39)40/h5,7-18,21-22,41-42H,6,19-20H2,1-4H3,(H,37,44)(H,38,39);6-17,20,30,33-35H,5,18H2,1-4H3. The van der Waals surface area contributed by atoms with Gasteiger partial charge >= 0.3 is 11.3 Å². The highest BCUT2D eigenvalue weighted by atomic mass is 32.2. The van der Waals surface area contributed by atoms with Gasteiger partial charge in [-0.2, -0.15) is 8.42 Å². The monoisotopic (exact) mass is 1450 g/mol. The van der Waals surface area contributed by atoms with E-state index in [1.54, 1.807) is 102 Å². The minimum atomic E-state index is -3.53. The summed E-state index contributed by atoms with van der Waals surface area (Å²) < 4.78 is 146. The number of benzene rings is 7. The number of hydrogen-bond donors (Lipinski definition) is 8. The Morgan fingerprint density at radius 2 is 1.22 bits per heavy atom. The topological polar surface area (TPSA) is 373 Å². The second kappa shape index (κ2) is 31.3. The van der Waals surface area contributed by atoms with E-state index in [4.69, 9.17) is 27.3 Å². The fraction of sp³-hybridized carbons (Fsp3) is 0.215.